The predicted molar refractivity (Wildman–Crippen MR) is 236 cm³/mol. The Morgan fingerprint density at radius 2 is 0.803 bits per heavy atom. The van der Waals surface area contributed by atoms with E-state index >= 15 is 0 Å². The number of nitrogens with zero attached hydrogens (tertiary/aromatic N) is 4. The molecule has 0 spiro atoms. The largest absolute Gasteiger partial charge is 0.459 e. The molecule has 0 aliphatic carbocycles. The van der Waals surface area contributed by atoms with Gasteiger partial charge in [0.2, 0.25) is 18.3 Å². The molecule has 0 radical (unpaired) electrons. The molecule has 0 saturated carbocycles. The zero-order valence-corrected chi connectivity index (χ0v) is 41.3. The van der Waals surface area contributed by atoms with E-state index in [-0.39, 0.29) is 51.7 Å². The Morgan fingerprint density at radius 3 is 1.15 bits per heavy atom. The normalized spacial score (nSPS) is 22.3. The van der Waals surface area contributed by atoms with Crippen molar-refractivity contribution in [3.8, 4) is 0 Å². The number of ether oxygens (including phenoxy) is 8. The molecule has 2 rings (SSSR count). The summed E-state index contributed by atoms with van der Waals surface area (Å²) in [7, 11) is 0. The van der Waals surface area contributed by atoms with E-state index in [0.29, 0.717) is 52.4 Å². The summed E-state index contributed by atoms with van der Waals surface area (Å²) < 4.78 is 44.3. The van der Waals surface area contributed by atoms with Crippen LogP contribution in [0.1, 0.15) is 90.0 Å². The average molecular weight is 945 g/mol. The van der Waals surface area contributed by atoms with Gasteiger partial charge in [-0.2, -0.15) is 0 Å². The van der Waals surface area contributed by atoms with Gasteiger partial charge in [0, 0.05) is 99.7 Å². The molecule has 2 saturated heterocycles. The van der Waals surface area contributed by atoms with Crippen molar-refractivity contribution >= 4 is 47.7 Å². The second kappa shape index (κ2) is 26.8. The Bertz CT molecular complexity index is 1600. The summed E-state index contributed by atoms with van der Waals surface area (Å²) in [6, 6.07) is 0. The van der Waals surface area contributed by atoms with Crippen LogP contribution in [0.5, 0.6) is 0 Å². The van der Waals surface area contributed by atoms with Crippen LogP contribution >= 0.6 is 0 Å². The molecule has 5 atom stereocenters. The van der Waals surface area contributed by atoms with E-state index in [2.05, 4.69) is 10.6 Å². The van der Waals surface area contributed by atoms with Crippen molar-refractivity contribution in [1.29, 1.82) is 0 Å². The smallest absolute Gasteiger partial charge is 0.320 e. The number of esters is 7. The molecule has 66 heavy (non-hydrogen) atoms. The van der Waals surface area contributed by atoms with E-state index < -0.39 is 89.3 Å². The number of nitrogens with one attached hydrogen (secondary N) is 2. The van der Waals surface area contributed by atoms with Gasteiger partial charge in [-0.15, -0.1) is 0 Å². The van der Waals surface area contributed by atoms with Crippen LogP contribution in [-0.4, -0.2) is 213 Å². The highest BCUT2D eigenvalue weighted by molar-refractivity contribution is 5.78. The third-order valence-electron chi connectivity index (χ3n) is 9.36. The second-order valence-electron chi connectivity index (χ2n) is 19.3. The first kappa shape index (κ1) is 57.6. The van der Waals surface area contributed by atoms with Crippen LogP contribution in [0.25, 0.3) is 0 Å². The van der Waals surface area contributed by atoms with Crippen LogP contribution in [0, 0.1) is 0 Å². The van der Waals surface area contributed by atoms with Crippen LogP contribution in [-0.2, 0) is 76.3 Å². The molecule has 2 unspecified atom stereocenters. The highest BCUT2D eigenvalue weighted by Crippen LogP contribution is 2.29. The number of amides is 1. The predicted octanol–water partition coefficient (Wildman–Crippen LogP) is 0.0220. The van der Waals surface area contributed by atoms with E-state index in [4.69, 9.17) is 37.9 Å². The summed E-state index contributed by atoms with van der Waals surface area (Å²) in [5, 5.41) is 5.99. The van der Waals surface area contributed by atoms with E-state index in [9.17, 15) is 38.4 Å². The fourth-order valence-corrected chi connectivity index (χ4v) is 6.95. The first-order chi connectivity index (χ1) is 30.5. The van der Waals surface area contributed by atoms with E-state index in [1.54, 1.807) is 62.3 Å². The number of hydrogen-bond acceptors (Lipinski definition) is 21. The molecule has 1 amide bonds. The van der Waals surface area contributed by atoms with Gasteiger partial charge in [-0.3, -0.25) is 58.0 Å². The number of hydrogen-bond donors (Lipinski definition) is 2. The lowest BCUT2D eigenvalue weighted by Gasteiger charge is -2.43. The highest BCUT2D eigenvalue weighted by atomic mass is 16.7. The monoisotopic (exact) mass is 945 g/mol. The van der Waals surface area contributed by atoms with Gasteiger partial charge in [-0.05, 0) is 62.3 Å². The lowest BCUT2D eigenvalue weighted by molar-refractivity contribution is -0.294. The Morgan fingerprint density at radius 1 is 0.470 bits per heavy atom. The second-order valence-corrected chi connectivity index (χ2v) is 19.3. The van der Waals surface area contributed by atoms with Gasteiger partial charge in [-0.25, -0.2) is 0 Å². The maximum absolute atomic E-state index is 13.5. The molecule has 0 aromatic carbocycles. The Hall–Kier alpha value is -4.48. The minimum Gasteiger partial charge on any atom is -0.459 e. The number of rotatable bonds is 17. The lowest BCUT2D eigenvalue weighted by atomic mass is 9.97. The van der Waals surface area contributed by atoms with Crippen LogP contribution in [0.15, 0.2) is 0 Å². The van der Waals surface area contributed by atoms with Crippen molar-refractivity contribution in [2.45, 2.75) is 138 Å². The SMILES string of the molecule is CC(=O)OC1[C@H](OC(C)=O)OC(CNCCNC(=O)CN2CCN(CC(=O)OC(C)(C)C)CCN(CC(=O)OC(C)(C)C)CCN(CC(=O)OC(C)(C)C)CC2)[C@@H](OC(C)=O)[C@@H]1OC(C)=O. The molecule has 2 heterocycles. The van der Waals surface area contributed by atoms with Gasteiger partial charge in [-0.1, -0.05) is 0 Å². The summed E-state index contributed by atoms with van der Waals surface area (Å²) in [4.78, 5) is 109. The maximum Gasteiger partial charge on any atom is 0.320 e. The lowest BCUT2D eigenvalue weighted by Crippen LogP contribution is -2.64. The quantitative estimate of drug-likeness (QED) is 0.111. The maximum atomic E-state index is 13.5. The van der Waals surface area contributed by atoms with Crippen LogP contribution in [0.4, 0.5) is 0 Å². The van der Waals surface area contributed by atoms with E-state index in [0.717, 1.165) is 27.7 Å². The highest BCUT2D eigenvalue weighted by Gasteiger charge is 2.53. The van der Waals surface area contributed by atoms with Crippen molar-refractivity contribution in [2.24, 2.45) is 0 Å². The van der Waals surface area contributed by atoms with Crippen molar-refractivity contribution in [1.82, 2.24) is 30.2 Å². The average Bonchev–Trinajstić information content (AvgIpc) is 3.12. The fraction of sp³-hybridized carbons (Fsp3) is 0.818. The van der Waals surface area contributed by atoms with Crippen LogP contribution in [0.3, 0.4) is 0 Å². The summed E-state index contributed by atoms with van der Waals surface area (Å²) in [5.41, 5.74) is -2.10. The van der Waals surface area contributed by atoms with Crippen LogP contribution < -0.4 is 10.6 Å². The molecule has 2 aliphatic heterocycles. The number of carbonyl (C=O) groups is 8. The molecule has 22 heteroatoms. The topological polar surface area (TPSA) is 247 Å². The van der Waals surface area contributed by atoms with Gasteiger partial charge in [0.1, 0.15) is 22.9 Å². The van der Waals surface area contributed by atoms with Crippen molar-refractivity contribution in [3.05, 3.63) is 0 Å². The molecule has 2 aliphatic rings. The van der Waals surface area contributed by atoms with Gasteiger partial charge >= 0.3 is 41.8 Å². The first-order valence-corrected chi connectivity index (χ1v) is 22.3. The van der Waals surface area contributed by atoms with E-state index in [1.807, 2.05) is 19.6 Å². The first-order valence-electron chi connectivity index (χ1n) is 22.3. The summed E-state index contributed by atoms with van der Waals surface area (Å²) in [6.45, 7) is 23.8. The molecule has 0 aromatic heterocycles. The van der Waals surface area contributed by atoms with Crippen molar-refractivity contribution in [3.63, 3.8) is 0 Å². The van der Waals surface area contributed by atoms with E-state index in [1.165, 1.54) is 0 Å². The molecule has 0 bridgehead atoms. The molecule has 2 N–H and O–H groups in total. The standard InChI is InChI=1S/C44H76N6O16/c1-29(51)59-38-33(63-41(62-32(4)54)40(61-31(3)53)39(38)60-30(2)52)24-45-14-15-46-34(55)25-47-16-18-48(26-35(56)64-42(5,6)7)20-22-50(28-37(58)66-44(11,12)13)23-21-49(19-17-47)27-36(57)65-43(8,9)10/h33,38-41,45H,14-28H2,1-13H3,(H,46,55)/t33?,38-,39+,40?,41-/m1/s1. The fourth-order valence-electron chi connectivity index (χ4n) is 6.95. The molecule has 378 valence electrons. The summed E-state index contributed by atoms with van der Waals surface area (Å²) in [6.07, 6.45) is -6.70. The van der Waals surface area contributed by atoms with Gasteiger partial charge in [0.25, 0.3) is 0 Å². The van der Waals surface area contributed by atoms with Gasteiger partial charge < -0.3 is 48.5 Å². The van der Waals surface area contributed by atoms with Gasteiger partial charge in [0.15, 0.2) is 12.2 Å². The Kier molecular flexibility index (Phi) is 23.4. The molecule has 0 aromatic rings. The zero-order valence-electron chi connectivity index (χ0n) is 41.3. The van der Waals surface area contributed by atoms with Crippen molar-refractivity contribution < 1.29 is 76.3 Å². The minimum atomic E-state index is -1.51. The summed E-state index contributed by atoms with van der Waals surface area (Å²) in [5.74, 6) is -4.64. The molecular weight excluding hydrogens is 869 g/mol. The molecule has 2 fully saturated rings. The molecule has 22 nitrogen and oxygen atoms in total. The molecular formula is C44H76N6O16. The van der Waals surface area contributed by atoms with Crippen LogP contribution in [0.2, 0.25) is 0 Å². The third-order valence-corrected chi connectivity index (χ3v) is 9.36. The Labute approximate surface area is 389 Å². The zero-order chi connectivity index (χ0) is 50.0. The minimum absolute atomic E-state index is 0.000416. The third kappa shape index (κ3) is 24.9. The number of carbonyl (C=O) groups excluding carboxylic acids is 8. The summed E-state index contributed by atoms with van der Waals surface area (Å²) >= 11 is 0. The van der Waals surface area contributed by atoms with Crippen molar-refractivity contribution in [2.75, 3.05) is 98.2 Å². The van der Waals surface area contributed by atoms with Gasteiger partial charge in [0.05, 0.1) is 26.2 Å². The Balaban J connectivity index is 2.24.